The molecule has 0 spiro atoms. The van der Waals surface area contributed by atoms with Crippen LogP contribution in [-0.2, 0) is 0 Å². The van der Waals surface area contributed by atoms with Crippen LogP contribution in [0.1, 0.15) is 46.0 Å². The summed E-state index contributed by atoms with van der Waals surface area (Å²) in [7, 11) is 0. The van der Waals surface area contributed by atoms with Crippen molar-refractivity contribution in [2.45, 2.75) is 58.0 Å². The lowest BCUT2D eigenvalue weighted by Gasteiger charge is -2.13. The highest BCUT2D eigenvalue weighted by Crippen LogP contribution is 2.05. The average molecular weight is 171 g/mol. The van der Waals surface area contributed by atoms with Gasteiger partial charge in [0.2, 0.25) is 0 Å². The first-order valence-corrected chi connectivity index (χ1v) is 5.05. The Kier molecular flexibility index (Phi) is 7.51. The second-order valence-corrected chi connectivity index (χ2v) is 3.47. The summed E-state index contributed by atoms with van der Waals surface area (Å²) in [5.74, 6) is 0. The normalized spacial score (nSPS) is 16.0. The first-order valence-electron chi connectivity index (χ1n) is 5.05. The predicted molar refractivity (Wildman–Crippen MR) is 54.7 cm³/mol. The second kappa shape index (κ2) is 7.56. The van der Waals surface area contributed by atoms with Crippen LogP contribution >= 0.6 is 0 Å². The minimum atomic E-state index is 0.248. The molecular weight excluding hydrogens is 148 g/mol. The number of hydrogen-bond acceptors (Lipinski definition) is 2. The summed E-state index contributed by atoms with van der Waals surface area (Å²) < 4.78 is 0. The van der Waals surface area contributed by atoms with Gasteiger partial charge < -0.3 is 11.5 Å². The summed E-state index contributed by atoms with van der Waals surface area (Å²) >= 11 is 0. The largest absolute Gasteiger partial charge is 0.328 e. The monoisotopic (exact) mass is 171 g/mol. The zero-order valence-electron chi connectivity index (χ0n) is 8.42. The van der Waals surface area contributed by atoms with Crippen LogP contribution in [0, 0.1) is 6.42 Å². The molecule has 2 heteroatoms. The molecule has 0 aromatic carbocycles. The molecule has 0 aliphatic heterocycles. The molecule has 0 saturated carbocycles. The van der Waals surface area contributed by atoms with Crippen molar-refractivity contribution in [3.63, 3.8) is 0 Å². The number of hydrogen-bond donors (Lipinski definition) is 2. The molecule has 0 amide bonds. The molecule has 0 rings (SSSR count). The Balaban J connectivity index is 3.27. The maximum absolute atomic E-state index is 5.84. The molecule has 0 aromatic heterocycles. The molecule has 2 unspecified atom stereocenters. The SMILES string of the molecule is CCCC(N)[CH]CC(N)CCC. The molecular formula is C10H23N2. The topological polar surface area (TPSA) is 52.0 Å². The lowest BCUT2D eigenvalue weighted by Crippen LogP contribution is -2.26. The molecule has 2 atom stereocenters. The standard InChI is InChI=1S/C10H23N2/c1-3-5-9(11)7-8-10(12)6-4-2/h7,9-10H,3-6,8,11-12H2,1-2H3. The van der Waals surface area contributed by atoms with E-state index in [9.17, 15) is 0 Å². The third kappa shape index (κ3) is 6.62. The van der Waals surface area contributed by atoms with Crippen molar-refractivity contribution in [1.82, 2.24) is 0 Å². The van der Waals surface area contributed by atoms with Crippen LogP contribution in [-0.4, -0.2) is 12.1 Å². The van der Waals surface area contributed by atoms with Crippen molar-refractivity contribution in [3.05, 3.63) is 6.42 Å². The lowest BCUT2D eigenvalue weighted by molar-refractivity contribution is 0.553. The van der Waals surface area contributed by atoms with Gasteiger partial charge in [0.15, 0.2) is 0 Å². The summed E-state index contributed by atoms with van der Waals surface area (Å²) in [6.45, 7) is 4.31. The Bertz CT molecular complexity index is 81.8. The first-order chi connectivity index (χ1) is 5.70. The van der Waals surface area contributed by atoms with Gasteiger partial charge in [-0.15, -0.1) is 0 Å². The molecule has 0 fully saturated rings. The maximum atomic E-state index is 5.84. The molecule has 0 aliphatic rings. The smallest absolute Gasteiger partial charge is 0.00708 e. The number of rotatable bonds is 7. The van der Waals surface area contributed by atoms with E-state index in [4.69, 9.17) is 11.5 Å². The molecule has 12 heavy (non-hydrogen) atoms. The van der Waals surface area contributed by atoms with Gasteiger partial charge >= 0.3 is 0 Å². The van der Waals surface area contributed by atoms with E-state index in [2.05, 4.69) is 20.3 Å². The summed E-state index contributed by atoms with van der Waals surface area (Å²) in [6.07, 6.45) is 7.63. The Morgan fingerprint density at radius 3 is 2.17 bits per heavy atom. The zero-order valence-corrected chi connectivity index (χ0v) is 8.42. The van der Waals surface area contributed by atoms with E-state index < -0.39 is 0 Å². The molecule has 0 bridgehead atoms. The lowest BCUT2D eigenvalue weighted by atomic mass is 10.0. The molecule has 0 aromatic rings. The van der Waals surface area contributed by atoms with E-state index in [1.54, 1.807) is 0 Å². The van der Waals surface area contributed by atoms with Crippen LogP contribution in [0.25, 0.3) is 0 Å². The van der Waals surface area contributed by atoms with Crippen molar-refractivity contribution in [2.24, 2.45) is 11.5 Å². The molecule has 1 radical (unpaired) electrons. The van der Waals surface area contributed by atoms with Crippen molar-refractivity contribution in [3.8, 4) is 0 Å². The Labute approximate surface area is 76.7 Å². The predicted octanol–water partition coefficient (Wildman–Crippen LogP) is 1.84. The van der Waals surface area contributed by atoms with E-state index in [1.807, 2.05) is 0 Å². The highest BCUT2D eigenvalue weighted by atomic mass is 14.7. The van der Waals surface area contributed by atoms with Crippen LogP contribution in [0.15, 0.2) is 0 Å². The van der Waals surface area contributed by atoms with Crippen molar-refractivity contribution in [1.29, 1.82) is 0 Å². The average Bonchev–Trinajstić information content (AvgIpc) is 2.02. The van der Waals surface area contributed by atoms with Crippen molar-refractivity contribution >= 4 is 0 Å². The van der Waals surface area contributed by atoms with Gasteiger partial charge in [0, 0.05) is 12.1 Å². The van der Waals surface area contributed by atoms with Crippen LogP contribution in [0.3, 0.4) is 0 Å². The van der Waals surface area contributed by atoms with E-state index in [1.165, 1.54) is 0 Å². The minimum absolute atomic E-state index is 0.248. The van der Waals surface area contributed by atoms with Crippen LogP contribution in [0.2, 0.25) is 0 Å². The zero-order chi connectivity index (χ0) is 9.40. The van der Waals surface area contributed by atoms with Gasteiger partial charge in [-0.3, -0.25) is 0 Å². The molecule has 0 aliphatic carbocycles. The van der Waals surface area contributed by atoms with Gasteiger partial charge in [0.25, 0.3) is 0 Å². The fourth-order valence-electron chi connectivity index (χ4n) is 1.29. The van der Waals surface area contributed by atoms with E-state index in [-0.39, 0.29) is 6.04 Å². The summed E-state index contributed by atoms with van der Waals surface area (Å²) in [5, 5.41) is 0. The highest BCUT2D eigenvalue weighted by molar-refractivity contribution is 4.82. The van der Waals surface area contributed by atoms with Gasteiger partial charge in [0.05, 0.1) is 0 Å². The van der Waals surface area contributed by atoms with Gasteiger partial charge in [0.1, 0.15) is 0 Å². The fourth-order valence-corrected chi connectivity index (χ4v) is 1.29. The van der Waals surface area contributed by atoms with Crippen LogP contribution in [0.4, 0.5) is 0 Å². The quantitative estimate of drug-likeness (QED) is 0.614. The minimum Gasteiger partial charge on any atom is -0.328 e. The molecule has 0 saturated heterocycles. The van der Waals surface area contributed by atoms with Crippen LogP contribution < -0.4 is 11.5 Å². The van der Waals surface area contributed by atoms with E-state index in [0.29, 0.717) is 6.04 Å². The summed E-state index contributed by atoms with van der Waals surface area (Å²) in [5.41, 5.74) is 11.7. The fraction of sp³-hybridized carbons (Fsp3) is 0.900. The summed E-state index contributed by atoms with van der Waals surface area (Å²) in [6, 6.07) is 0.566. The third-order valence-corrected chi connectivity index (χ3v) is 2.02. The third-order valence-electron chi connectivity index (χ3n) is 2.02. The van der Waals surface area contributed by atoms with Crippen LogP contribution in [0.5, 0.6) is 0 Å². The van der Waals surface area contributed by atoms with Gasteiger partial charge in [-0.1, -0.05) is 26.7 Å². The summed E-state index contributed by atoms with van der Waals surface area (Å²) in [4.78, 5) is 0. The van der Waals surface area contributed by atoms with E-state index >= 15 is 0 Å². The van der Waals surface area contributed by atoms with Crippen molar-refractivity contribution in [2.75, 3.05) is 0 Å². The van der Waals surface area contributed by atoms with Gasteiger partial charge in [-0.25, -0.2) is 0 Å². The molecule has 0 heterocycles. The Morgan fingerprint density at radius 2 is 1.67 bits per heavy atom. The Morgan fingerprint density at radius 1 is 1.08 bits per heavy atom. The molecule has 4 N–H and O–H groups in total. The second-order valence-electron chi connectivity index (χ2n) is 3.47. The Hall–Kier alpha value is -0.0800. The first kappa shape index (κ1) is 11.9. The maximum Gasteiger partial charge on any atom is 0.00708 e. The van der Waals surface area contributed by atoms with Crippen molar-refractivity contribution < 1.29 is 0 Å². The van der Waals surface area contributed by atoms with Gasteiger partial charge in [-0.05, 0) is 25.7 Å². The van der Waals surface area contributed by atoms with Gasteiger partial charge in [-0.2, -0.15) is 0 Å². The number of nitrogens with two attached hydrogens (primary N) is 2. The van der Waals surface area contributed by atoms with E-state index in [0.717, 1.165) is 32.1 Å². The molecule has 73 valence electrons. The highest BCUT2D eigenvalue weighted by Gasteiger charge is 2.05. The molecule has 2 nitrogen and oxygen atoms in total.